The van der Waals surface area contributed by atoms with E-state index in [1.807, 2.05) is 6.07 Å². The van der Waals surface area contributed by atoms with Gasteiger partial charge >= 0.3 is 0 Å². The van der Waals surface area contributed by atoms with Crippen molar-refractivity contribution in [2.24, 2.45) is 0 Å². The Morgan fingerprint density at radius 1 is 1.00 bits per heavy atom. The summed E-state index contributed by atoms with van der Waals surface area (Å²) in [4.78, 5) is 18.1. The molecule has 0 spiro atoms. The molecular weight excluding hydrogens is 336 g/mol. The molecule has 0 saturated carbocycles. The third-order valence-corrected chi connectivity index (χ3v) is 2.77. The molecule has 2 rings (SSSR count). The topological polar surface area (TPSA) is 61.3 Å². The van der Waals surface area contributed by atoms with Crippen LogP contribution in [0.1, 0.15) is 21.5 Å². The van der Waals surface area contributed by atoms with Crippen molar-refractivity contribution in [1.29, 1.82) is 0 Å². The molecule has 0 amide bonds. The highest BCUT2D eigenvalue weighted by molar-refractivity contribution is 9.10. The van der Waals surface area contributed by atoms with Crippen LogP contribution in [-0.4, -0.2) is 30.5 Å². The minimum atomic E-state index is 0.495. The van der Waals surface area contributed by atoms with Gasteiger partial charge in [-0.3, -0.25) is 14.8 Å². The summed E-state index contributed by atoms with van der Waals surface area (Å²) in [5.41, 5.74) is 2.58. The van der Waals surface area contributed by atoms with E-state index in [9.17, 15) is 4.79 Å². The molecule has 0 atom stereocenters. The fraction of sp³-hybridized carbons (Fsp3) is 0.267. The van der Waals surface area contributed by atoms with Gasteiger partial charge in [-0.15, -0.1) is 0 Å². The van der Waals surface area contributed by atoms with E-state index in [0.29, 0.717) is 18.8 Å². The number of nitrogens with zero attached hydrogens (tertiary/aromatic N) is 2. The summed E-state index contributed by atoms with van der Waals surface area (Å²) in [6.45, 7) is 1.11. The second-order valence-electron chi connectivity index (χ2n) is 4.12. The summed E-state index contributed by atoms with van der Waals surface area (Å²) in [5.74, 6) is 0. The van der Waals surface area contributed by atoms with Gasteiger partial charge in [0.25, 0.3) is 0 Å². The van der Waals surface area contributed by atoms with E-state index in [1.54, 1.807) is 38.9 Å². The van der Waals surface area contributed by atoms with Crippen molar-refractivity contribution in [2.75, 3.05) is 14.2 Å². The summed E-state index contributed by atoms with van der Waals surface area (Å²) in [7, 11) is 3.27. The summed E-state index contributed by atoms with van der Waals surface area (Å²) < 4.78 is 10.8. The number of hydrogen-bond donors (Lipinski definition) is 0. The van der Waals surface area contributed by atoms with Crippen LogP contribution in [0, 0.1) is 0 Å². The maximum Gasteiger partial charge on any atom is 0.151 e. The Bertz CT molecular complexity index is 564. The highest BCUT2D eigenvalue weighted by atomic mass is 79.9. The van der Waals surface area contributed by atoms with Gasteiger partial charge in [0.05, 0.1) is 13.2 Å². The van der Waals surface area contributed by atoms with Crippen molar-refractivity contribution in [3.63, 3.8) is 0 Å². The van der Waals surface area contributed by atoms with Gasteiger partial charge < -0.3 is 9.47 Å². The van der Waals surface area contributed by atoms with E-state index in [2.05, 4.69) is 25.9 Å². The van der Waals surface area contributed by atoms with Crippen LogP contribution in [0.15, 0.2) is 41.4 Å². The first-order valence-electron chi connectivity index (χ1n) is 6.16. The number of ether oxygens (including phenoxy) is 2. The highest BCUT2D eigenvalue weighted by Crippen LogP contribution is 2.09. The minimum absolute atomic E-state index is 0.495. The zero-order valence-corrected chi connectivity index (χ0v) is 13.5. The molecule has 2 aromatic heterocycles. The van der Waals surface area contributed by atoms with E-state index in [4.69, 9.17) is 9.47 Å². The first-order valence-corrected chi connectivity index (χ1v) is 6.95. The molecule has 2 heterocycles. The largest absolute Gasteiger partial charge is 0.380 e. The van der Waals surface area contributed by atoms with Crippen molar-refractivity contribution >= 4 is 22.2 Å². The summed E-state index contributed by atoms with van der Waals surface area (Å²) in [6.07, 6.45) is 7.50. The minimum Gasteiger partial charge on any atom is -0.380 e. The Kier molecular flexibility index (Phi) is 8.42. The van der Waals surface area contributed by atoms with Crippen molar-refractivity contribution in [3.05, 3.63) is 58.1 Å². The average molecular weight is 353 g/mol. The average Bonchev–Trinajstić information content (AvgIpc) is 2.49. The van der Waals surface area contributed by atoms with Crippen LogP contribution in [0.5, 0.6) is 0 Å². The van der Waals surface area contributed by atoms with Crippen LogP contribution in [-0.2, 0) is 22.7 Å². The monoisotopic (exact) mass is 352 g/mol. The molecule has 2 aromatic rings. The number of pyridine rings is 2. The number of halogens is 1. The number of aldehydes is 1. The Morgan fingerprint density at radius 2 is 1.57 bits per heavy atom. The quantitative estimate of drug-likeness (QED) is 0.774. The molecule has 112 valence electrons. The van der Waals surface area contributed by atoms with Gasteiger partial charge in [-0.2, -0.15) is 0 Å². The smallest absolute Gasteiger partial charge is 0.151 e. The lowest BCUT2D eigenvalue weighted by molar-refractivity contribution is 0.112. The van der Waals surface area contributed by atoms with E-state index in [1.165, 1.54) is 6.20 Å². The lowest BCUT2D eigenvalue weighted by Crippen LogP contribution is -1.90. The van der Waals surface area contributed by atoms with Gasteiger partial charge in [0, 0.05) is 49.0 Å². The molecule has 0 aliphatic heterocycles. The first-order chi connectivity index (χ1) is 10.2. The Hall–Kier alpha value is -1.63. The molecule has 0 saturated heterocycles. The van der Waals surface area contributed by atoms with Crippen LogP contribution in [0.3, 0.4) is 0 Å². The highest BCUT2D eigenvalue weighted by Gasteiger charge is 1.93. The summed E-state index contributed by atoms with van der Waals surface area (Å²) >= 11 is 3.31. The van der Waals surface area contributed by atoms with Gasteiger partial charge in [-0.25, -0.2) is 0 Å². The molecule has 0 aliphatic carbocycles. The maximum atomic E-state index is 10.3. The van der Waals surface area contributed by atoms with E-state index >= 15 is 0 Å². The van der Waals surface area contributed by atoms with E-state index < -0.39 is 0 Å². The second kappa shape index (κ2) is 10.1. The van der Waals surface area contributed by atoms with Gasteiger partial charge in [0.2, 0.25) is 0 Å². The number of aromatic nitrogens is 2. The maximum absolute atomic E-state index is 10.3. The number of carbonyl (C=O) groups excluding carboxylic acids is 1. The van der Waals surface area contributed by atoms with E-state index in [-0.39, 0.29) is 0 Å². The predicted molar refractivity (Wildman–Crippen MR) is 83.0 cm³/mol. The normalized spacial score (nSPS) is 9.67. The molecule has 0 aromatic carbocycles. The fourth-order valence-corrected chi connectivity index (χ4v) is 1.93. The molecule has 0 bridgehead atoms. The van der Waals surface area contributed by atoms with Crippen LogP contribution < -0.4 is 0 Å². The third-order valence-electron chi connectivity index (χ3n) is 2.34. The molecule has 0 radical (unpaired) electrons. The molecule has 0 unspecified atom stereocenters. The van der Waals surface area contributed by atoms with Crippen LogP contribution in [0.2, 0.25) is 0 Å². The lowest BCUT2D eigenvalue weighted by atomic mass is 10.2. The third kappa shape index (κ3) is 7.08. The van der Waals surface area contributed by atoms with Gasteiger partial charge in [-0.05, 0) is 39.2 Å². The Morgan fingerprint density at radius 3 is 2.10 bits per heavy atom. The fourth-order valence-electron chi connectivity index (χ4n) is 1.52. The predicted octanol–water partition coefficient (Wildman–Crippen LogP) is 3.03. The SMILES string of the molecule is COCc1cncc(Br)c1.COCc1cncc(C=O)c1. The molecule has 6 heteroatoms. The molecular formula is C15H17BrN2O3. The number of carbonyl (C=O) groups is 1. The van der Waals surface area contributed by atoms with Crippen LogP contribution in [0.25, 0.3) is 0 Å². The Labute approximate surface area is 132 Å². The molecule has 0 fully saturated rings. The first kappa shape index (κ1) is 17.4. The number of rotatable bonds is 5. The summed E-state index contributed by atoms with van der Waals surface area (Å²) in [5, 5.41) is 0. The second-order valence-corrected chi connectivity index (χ2v) is 5.04. The molecule has 21 heavy (non-hydrogen) atoms. The zero-order valence-electron chi connectivity index (χ0n) is 12.0. The summed E-state index contributed by atoms with van der Waals surface area (Å²) in [6, 6.07) is 3.74. The molecule has 5 nitrogen and oxygen atoms in total. The van der Waals surface area contributed by atoms with Crippen molar-refractivity contribution in [3.8, 4) is 0 Å². The van der Waals surface area contributed by atoms with Crippen LogP contribution >= 0.6 is 15.9 Å². The molecule has 0 aliphatic rings. The number of hydrogen-bond acceptors (Lipinski definition) is 5. The van der Waals surface area contributed by atoms with Crippen molar-refractivity contribution in [1.82, 2.24) is 9.97 Å². The number of methoxy groups -OCH3 is 2. The Balaban J connectivity index is 0.000000211. The zero-order chi connectivity index (χ0) is 15.5. The molecule has 0 N–H and O–H groups in total. The van der Waals surface area contributed by atoms with Crippen LogP contribution in [0.4, 0.5) is 0 Å². The van der Waals surface area contributed by atoms with E-state index in [0.717, 1.165) is 21.9 Å². The van der Waals surface area contributed by atoms with Crippen molar-refractivity contribution < 1.29 is 14.3 Å². The van der Waals surface area contributed by atoms with Gasteiger partial charge in [0.1, 0.15) is 0 Å². The van der Waals surface area contributed by atoms with Crippen molar-refractivity contribution in [2.45, 2.75) is 13.2 Å². The lowest BCUT2D eigenvalue weighted by Gasteiger charge is -1.97. The van der Waals surface area contributed by atoms with Gasteiger partial charge in [-0.1, -0.05) is 0 Å². The standard InChI is InChI=1S/C8H9NO2.C7H8BrNO/c1-11-6-8-2-7(5-10)3-9-4-8;1-10-5-6-2-7(8)4-9-3-6/h2-5H,6H2,1H3;2-4H,5H2,1H3. The van der Waals surface area contributed by atoms with Gasteiger partial charge in [0.15, 0.2) is 6.29 Å².